The number of carbonyl (C=O) groups is 1. The number of benzene rings is 2. The zero-order chi connectivity index (χ0) is 20.1. The molecule has 4 aromatic rings. The van der Waals surface area contributed by atoms with Gasteiger partial charge in [-0.3, -0.25) is 9.78 Å². The number of pyridine rings is 1. The molecule has 3 heterocycles. The highest BCUT2D eigenvalue weighted by Gasteiger charge is 2.40. The zero-order valence-electron chi connectivity index (χ0n) is 16.3. The van der Waals surface area contributed by atoms with Crippen molar-refractivity contribution in [3.8, 4) is 16.8 Å². The first-order chi connectivity index (χ1) is 14.8. The molecule has 0 spiro atoms. The van der Waals surface area contributed by atoms with E-state index in [0.717, 1.165) is 47.1 Å². The van der Waals surface area contributed by atoms with Crippen molar-refractivity contribution in [2.75, 3.05) is 6.54 Å². The van der Waals surface area contributed by atoms with Gasteiger partial charge in [0.05, 0.1) is 11.2 Å². The summed E-state index contributed by atoms with van der Waals surface area (Å²) in [6, 6.07) is 16.3. The van der Waals surface area contributed by atoms with Gasteiger partial charge in [0.25, 0.3) is 5.91 Å². The average Bonchev–Trinajstić information content (AvgIpc) is 3.56. The Morgan fingerprint density at radius 1 is 1.07 bits per heavy atom. The molecule has 1 saturated heterocycles. The predicted molar refractivity (Wildman–Crippen MR) is 112 cm³/mol. The third kappa shape index (κ3) is 2.77. The van der Waals surface area contributed by atoms with E-state index in [1.807, 2.05) is 48.5 Å². The van der Waals surface area contributed by atoms with E-state index in [2.05, 4.69) is 25.4 Å². The lowest BCUT2D eigenvalue weighted by atomic mass is 9.98. The van der Waals surface area contributed by atoms with Crippen LogP contribution in [0.3, 0.4) is 0 Å². The molecular formula is C23H20N6O. The number of likely N-dealkylation sites (tertiary alicyclic amines) is 1. The van der Waals surface area contributed by atoms with Crippen LogP contribution in [-0.2, 0) is 0 Å². The molecule has 2 bridgehead atoms. The fraction of sp³-hybridized carbons (Fsp3) is 0.261. The number of aromatic nitrogens is 5. The van der Waals surface area contributed by atoms with Gasteiger partial charge in [-0.25, -0.2) is 4.68 Å². The molecule has 2 atom stereocenters. The van der Waals surface area contributed by atoms with E-state index < -0.39 is 0 Å². The summed E-state index contributed by atoms with van der Waals surface area (Å²) in [5.74, 6) is 0.745. The molecule has 148 valence electrons. The highest BCUT2D eigenvalue weighted by Crippen LogP contribution is 2.38. The first-order valence-electron chi connectivity index (χ1n) is 10.3. The molecule has 30 heavy (non-hydrogen) atoms. The first kappa shape index (κ1) is 17.3. The van der Waals surface area contributed by atoms with Crippen molar-refractivity contribution in [3.05, 3.63) is 66.6 Å². The van der Waals surface area contributed by atoms with E-state index >= 15 is 0 Å². The summed E-state index contributed by atoms with van der Waals surface area (Å²) >= 11 is 0. The van der Waals surface area contributed by atoms with E-state index in [-0.39, 0.29) is 5.91 Å². The number of hydrogen-bond acceptors (Lipinski definition) is 5. The van der Waals surface area contributed by atoms with Crippen LogP contribution in [0.25, 0.3) is 27.7 Å². The first-order valence-corrected chi connectivity index (χ1v) is 10.3. The van der Waals surface area contributed by atoms with Crippen LogP contribution in [-0.4, -0.2) is 48.6 Å². The van der Waals surface area contributed by atoms with E-state index in [4.69, 9.17) is 0 Å². The third-order valence-corrected chi connectivity index (χ3v) is 6.39. The number of para-hydroxylation sites is 1. The van der Waals surface area contributed by atoms with Crippen LogP contribution in [0.15, 0.2) is 61.1 Å². The highest BCUT2D eigenvalue weighted by atomic mass is 16.2. The molecule has 0 radical (unpaired) electrons. The summed E-state index contributed by atoms with van der Waals surface area (Å²) in [5, 5.41) is 12.6. The second-order valence-corrected chi connectivity index (χ2v) is 8.19. The number of rotatable bonds is 3. The second-order valence-electron chi connectivity index (χ2n) is 8.19. The third-order valence-electron chi connectivity index (χ3n) is 6.39. The van der Waals surface area contributed by atoms with E-state index in [9.17, 15) is 4.79 Å². The van der Waals surface area contributed by atoms with Crippen LogP contribution in [0, 0.1) is 5.92 Å². The van der Waals surface area contributed by atoms with Gasteiger partial charge in [-0.05, 0) is 65.4 Å². The van der Waals surface area contributed by atoms with Gasteiger partial charge >= 0.3 is 0 Å². The molecule has 2 aromatic heterocycles. The molecule has 2 unspecified atom stereocenters. The van der Waals surface area contributed by atoms with E-state index in [0.29, 0.717) is 17.5 Å². The predicted octanol–water partition coefficient (Wildman–Crippen LogP) is 3.50. The standard InChI is InChI=1S/C23H20N6O/c30-23(28-13-15-6-7-19(28)9-15)18-10-17(11-20(12-18)29-14-25-26-27-29)21-5-1-3-16-4-2-8-24-22(16)21/h1-5,8,10-12,14-15,19H,6-7,9,13H2. The summed E-state index contributed by atoms with van der Waals surface area (Å²) in [6.45, 7) is 0.865. The number of nitrogens with zero attached hydrogens (tertiary/aromatic N) is 6. The molecule has 1 saturated carbocycles. The normalized spacial score (nSPS) is 20.2. The Balaban J connectivity index is 1.50. The minimum absolute atomic E-state index is 0.0894. The van der Waals surface area contributed by atoms with Gasteiger partial charge in [-0.15, -0.1) is 5.10 Å². The minimum atomic E-state index is 0.0894. The topological polar surface area (TPSA) is 76.8 Å². The summed E-state index contributed by atoms with van der Waals surface area (Å²) in [5.41, 5.74) is 4.25. The Bertz CT molecular complexity index is 1250. The van der Waals surface area contributed by atoms with Crippen LogP contribution in [0.4, 0.5) is 0 Å². The summed E-state index contributed by atoms with van der Waals surface area (Å²) in [6.07, 6.45) is 6.84. The molecular weight excluding hydrogens is 376 g/mol. The second kappa shape index (κ2) is 6.73. The van der Waals surface area contributed by atoms with Gasteiger partial charge in [0.2, 0.25) is 0 Å². The summed E-state index contributed by atoms with van der Waals surface area (Å²) in [4.78, 5) is 20.1. The monoisotopic (exact) mass is 396 g/mol. The van der Waals surface area contributed by atoms with Crippen LogP contribution >= 0.6 is 0 Å². The minimum Gasteiger partial charge on any atom is -0.335 e. The number of piperidine rings is 1. The molecule has 1 aliphatic carbocycles. The fourth-order valence-corrected chi connectivity index (χ4v) is 4.98. The van der Waals surface area contributed by atoms with Gasteiger partial charge in [0.1, 0.15) is 6.33 Å². The van der Waals surface area contributed by atoms with Crippen molar-refractivity contribution in [2.24, 2.45) is 5.92 Å². The number of carbonyl (C=O) groups excluding carboxylic acids is 1. The molecule has 0 N–H and O–H groups in total. The van der Waals surface area contributed by atoms with Crippen molar-refractivity contribution in [1.82, 2.24) is 30.1 Å². The largest absolute Gasteiger partial charge is 0.335 e. The average molecular weight is 396 g/mol. The van der Waals surface area contributed by atoms with Crippen LogP contribution in [0.2, 0.25) is 0 Å². The van der Waals surface area contributed by atoms with Gasteiger partial charge in [-0.1, -0.05) is 24.3 Å². The van der Waals surface area contributed by atoms with Crippen LogP contribution < -0.4 is 0 Å². The SMILES string of the molecule is O=C(c1cc(-c2cccc3cccnc23)cc(-n2cnnn2)c1)N1CC2CCC1C2. The number of hydrogen-bond donors (Lipinski definition) is 0. The molecule has 1 aliphatic heterocycles. The van der Waals surface area contributed by atoms with Gasteiger partial charge in [0, 0.05) is 35.3 Å². The summed E-state index contributed by atoms with van der Waals surface area (Å²) in [7, 11) is 0. The molecule has 2 fully saturated rings. The number of amides is 1. The van der Waals surface area contributed by atoms with Crippen molar-refractivity contribution in [1.29, 1.82) is 0 Å². The maximum absolute atomic E-state index is 13.5. The Morgan fingerprint density at radius 2 is 2.00 bits per heavy atom. The molecule has 7 heteroatoms. The van der Waals surface area contributed by atoms with E-state index in [1.165, 1.54) is 6.42 Å². The lowest BCUT2D eigenvalue weighted by Gasteiger charge is -2.27. The highest BCUT2D eigenvalue weighted by molar-refractivity contribution is 5.99. The Morgan fingerprint density at radius 3 is 2.80 bits per heavy atom. The smallest absolute Gasteiger partial charge is 0.254 e. The van der Waals surface area contributed by atoms with Crippen molar-refractivity contribution < 1.29 is 4.79 Å². The van der Waals surface area contributed by atoms with Gasteiger partial charge in [-0.2, -0.15) is 0 Å². The summed E-state index contributed by atoms with van der Waals surface area (Å²) < 4.78 is 1.59. The number of fused-ring (bicyclic) bond motifs is 3. The number of tetrazole rings is 1. The van der Waals surface area contributed by atoms with Crippen molar-refractivity contribution in [2.45, 2.75) is 25.3 Å². The maximum Gasteiger partial charge on any atom is 0.254 e. The van der Waals surface area contributed by atoms with Crippen LogP contribution in [0.5, 0.6) is 0 Å². The molecule has 2 aliphatic rings. The Kier molecular flexibility index (Phi) is 3.87. The van der Waals surface area contributed by atoms with E-state index in [1.54, 1.807) is 17.2 Å². The lowest BCUT2D eigenvalue weighted by Crippen LogP contribution is -2.37. The molecule has 1 amide bonds. The quantitative estimate of drug-likeness (QED) is 0.530. The van der Waals surface area contributed by atoms with Crippen molar-refractivity contribution >= 4 is 16.8 Å². The maximum atomic E-state index is 13.5. The zero-order valence-corrected chi connectivity index (χ0v) is 16.3. The molecule has 7 nitrogen and oxygen atoms in total. The molecule has 2 aromatic carbocycles. The lowest BCUT2D eigenvalue weighted by molar-refractivity contribution is 0.0703. The molecule has 6 rings (SSSR count). The van der Waals surface area contributed by atoms with Gasteiger partial charge in [0.15, 0.2) is 0 Å². The van der Waals surface area contributed by atoms with Crippen LogP contribution in [0.1, 0.15) is 29.6 Å². The Labute approximate surface area is 173 Å². The Hall–Kier alpha value is -3.61. The van der Waals surface area contributed by atoms with Crippen molar-refractivity contribution in [3.63, 3.8) is 0 Å². The fourth-order valence-electron chi connectivity index (χ4n) is 4.98. The van der Waals surface area contributed by atoms with Gasteiger partial charge < -0.3 is 4.90 Å².